The Morgan fingerprint density at radius 1 is 1.02 bits per heavy atom. The quantitative estimate of drug-likeness (QED) is 0.167. The standard InChI is InChI=1S/C32H39N3O6/c1-5-35-26-11-9-21(13-20(2)33-18-29(38)22-10-12-28(37)24(15-22)19-36)14-23(26)16-27(35)32(39)34-17-25-30(40-3)7-6-8-31(25)41-4/h6-12,14-16,20,29,33,36-38H,5,13,17-19H2,1-4H3,(H,34,39)/t20-,29-/m1/s1. The predicted octanol–water partition coefficient (Wildman–Crippen LogP) is 4.06. The molecular formula is C32H39N3O6. The molecule has 0 aliphatic rings. The minimum atomic E-state index is -0.777. The van der Waals surface area contributed by atoms with E-state index >= 15 is 0 Å². The smallest absolute Gasteiger partial charge is 0.268 e. The van der Waals surface area contributed by atoms with Crippen molar-refractivity contribution in [1.29, 1.82) is 0 Å². The summed E-state index contributed by atoms with van der Waals surface area (Å²) in [7, 11) is 3.18. The molecule has 5 N–H and O–H groups in total. The van der Waals surface area contributed by atoms with Crippen molar-refractivity contribution >= 4 is 16.8 Å². The highest BCUT2D eigenvalue weighted by atomic mass is 16.5. The third kappa shape index (κ3) is 6.82. The van der Waals surface area contributed by atoms with E-state index in [1.807, 2.05) is 41.8 Å². The number of aryl methyl sites for hydroxylation is 1. The molecule has 0 saturated carbocycles. The molecule has 4 aromatic rings. The summed E-state index contributed by atoms with van der Waals surface area (Å²) < 4.78 is 12.9. The van der Waals surface area contributed by atoms with Crippen LogP contribution >= 0.6 is 0 Å². The Hall–Kier alpha value is -4.05. The van der Waals surface area contributed by atoms with Crippen LogP contribution in [-0.2, 0) is 26.1 Å². The van der Waals surface area contributed by atoms with Crippen LogP contribution in [0.25, 0.3) is 10.9 Å². The van der Waals surface area contributed by atoms with Crippen molar-refractivity contribution in [2.45, 2.75) is 52.1 Å². The first-order valence-electron chi connectivity index (χ1n) is 13.7. The van der Waals surface area contributed by atoms with Crippen molar-refractivity contribution in [2.75, 3.05) is 20.8 Å². The van der Waals surface area contributed by atoms with Crippen LogP contribution in [0.3, 0.4) is 0 Å². The van der Waals surface area contributed by atoms with Crippen molar-refractivity contribution in [1.82, 2.24) is 15.2 Å². The Labute approximate surface area is 240 Å². The van der Waals surface area contributed by atoms with Gasteiger partial charge in [-0.2, -0.15) is 0 Å². The van der Waals surface area contributed by atoms with Crippen molar-refractivity contribution in [3.05, 3.63) is 88.6 Å². The highest BCUT2D eigenvalue weighted by Gasteiger charge is 2.18. The first-order valence-corrected chi connectivity index (χ1v) is 13.7. The van der Waals surface area contributed by atoms with Crippen LogP contribution in [0.4, 0.5) is 0 Å². The summed E-state index contributed by atoms with van der Waals surface area (Å²) in [5.74, 6) is 1.13. The van der Waals surface area contributed by atoms with Crippen LogP contribution in [0.5, 0.6) is 17.2 Å². The SMILES string of the molecule is CCn1c(C(=O)NCc2c(OC)cccc2OC)cc2cc(C[C@@H](C)NC[C@@H](O)c3ccc(O)c(CO)c3)ccc21. The number of aromatic hydroxyl groups is 1. The number of carbonyl (C=O) groups is 1. The summed E-state index contributed by atoms with van der Waals surface area (Å²) in [6.07, 6.45) is -0.0478. The first kappa shape index (κ1) is 29.9. The molecule has 0 aliphatic heterocycles. The lowest BCUT2D eigenvalue weighted by Gasteiger charge is -2.18. The maximum atomic E-state index is 13.3. The number of rotatable bonds is 13. The van der Waals surface area contributed by atoms with E-state index < -0.39 is 6.10 Å². The number of amides is 1. The van der Waals surface area contributed by atoms with Crippen molar-refractivity contribution < 1.29 is 29.6 Å². The number of phenols is 1. The maximum absolute atomic E-state index is 13.3. The van der Waals surface area contributed by atoms with Gasteiger partial charge in [-0.15, -0.1) is 0 Å². The summed E-state index contributed by atoms with van der Waals surface area (Å²) in [6.45, 7) is 5.01. The molecular weight excluding hydrogens is 522 g/mol. The molecule has 1 aromatic heterocycles. The molecule has 0 spiro atoms. The van der Waals surface area contributed by atoms with E-state index in [0.29, 0.717) is 41.4 Å². The van der Waals surface area contributed by atoms with Crippen LogP contribution < -0.4 is 20.1 Å². The van der Waals surface area contributed by atoms with Gasteiger partial charge in [0.15, 0.2) is 0 Å². The summed E-state index contributed by atoms with van der Waals surface area (Å²) in [4.78, 5) is 13.3. The lowest BCUT2D eigenvalue weighted by molar-refractivity contribution is 0.0941. The number of benzene rings is 3. The van der Waals surface area contributed by atoms with Gasteiger partial charge in [-0.05, 0) is 73.9 Å². The fraction of sp³-hybridized carbons (Fsp3) is 0.344. The van der Waals surface area contributed by atoms with Gasteiger partial charge in [-0.3, -0.25) is 4.79 Å². The van der Waals surface area contributed by atoms with E-state index in [2.05, 4.69) is 29.7 Å². The van der Waals surface area contributed by atoms with Gasteiger partial charge in [-0.25, -0.2) is 0 Å². The zero-order valence-electron chi connectivity index (χ0n) is 24.0. The Balaban J connectivity index is 1.43. The Morgan fingerprint density at radius 2 is 1.76 bits per heavy atom. The van der Waals surface area contributed by atoms with Crippen LogP contribution in [0.1, 0.15) is 52.7 Å². The van der Waals surface area contributed by atoms with Gasteiger partial charge < -0.3 is 40.0 Å². The summed E-state index contributed by atoms with van der Waals surface area (Å²) in [5, 5.41) is 37.1. The summed E-state index contributed by atoms with van der Waals surface area (Å²) in [6, 6.07) is 18.5. The topological polar surface area (TPSA) is 125 Å². The highest BCUT2D eigenvalue weighted by molar-refractivity contribution is 5.99. The van der Waals surface area contributed by atoms with Gasteiger partial charge in [0.2, 0.25) is 0 Å². The number of aromatic nitrogens is 1. The second-order valence-electron chi connectivity index (χ2n) is 10.1. The number of hydrogen-bond donors (Lipinski definition) is 5. The minimum Gasteiger partial charge on any atom is -0.508 e. The van der Waals surface area contributed by atoms with Crippen molar-refractivity contribution in [3.63, 3.8) is 0 Å². The van der Waals surface area contributed by atoms with Crippen LogP contribution in [0, 0.1) is 0 Å². The third-order valence-corrected chi connectivity index (χ3v) is 7.33. The Kier molecular flexibility index (Phi) is 9.88. The number of aliphatic hydroxyl groups is 2. The van der Waals surface area contributed by atoms with Gasteiger partial charge in [0, 0.05) is 35.6 Å². The van der Waals surface area contributed by atoms with E-state index in [0.717, 1.165) is 28.5 Å². The highest BCUT2D eigenvalue weighted by Crippen LogP contribution is 2.29. The van der Waals surface area contributed by atoms with Gasteiger partial charge in [-0.1, -0.05) is 18.2 Å². The van der Waals surface area contributed by atoms with Gasteiger partial charge in [0.05, 0.1) is 39.0 Å². The molecule has 0 radical (unpaired) electrons. The largest absolute Gasteiger partial charge is 0.508 e. The normalized spacial score (nSPS) is 12.7. The van der Waals surface area contributed by atoms with E-state index in [1.165, 1.54) is 6.07 Å². The maximum Gasteiger partial charge on any atom is 0.268 e. The third-order valence-electron chi connectivity index (χ3n) is 7.33. The molecule has 218 valence electrons. The molecule has 41 heavy (non-hydrogen) atoms. The van der Waals surface area contributed by atoms with E-state index in [-0.39, 0.29) is 30.9 Å². The molecule has 9 heteroatoms. The zero-order chi connectivity index (χ0) is 29.5. The average Bonchev–Trinajstić information content (AvgIpc) is 3.36. The van der Waals surface area contributed by atoms with Crippen molar-refractivity contribution in [3.8, 4) is 17.2 Å². The minimum absolute atomic E-state index is 0.00868. The predicted molar refractivity (Wildman–Crippen MR) is 158 cm³/mol. The van der Waals surface area contributed by atoms with Gasteiger partial charge in [0.1, 0.15) is 22.9 Å². The second-order valence-corrected chi connectivity index (χ2v) is 10.1. The molecule has 0 aliphatic carbocycles. The van der Waals surface area contributed by atoms with Crippen molar-refractivity contribution in [2.24, 2.45) is 0 Å². The van der Waals surface area contributed by atoms with Crippen LogP contribution in [-0.4, -0.2) is 52.6 Å². The molecule has 2 atom stereocenters. The van der Waals surface area contributed by atoms with Crippen LogP contribution in [0.15, 0.2) is 60.7 Å². The number of aliphatic hydroxyl groups excluding tert-OH is 2. The molecule has 0 bridgehead atoms. The summed E-state index contributed by atoms with van der Waals surface area (Å²) in [5.41, 5.74) is 4.47. The molecule has 9 nitrogen and oxygen atoms in total. The fourth-order valence-electron chi connectivity index (χ4n) is 5.13. The van der Waals surface area contributed by atoms with E-state index in [9.17, 15) is 20.1 Å². The Morgan fingerprint density at radius 3 is 2.41 bits per heavy atom. The number of nitrogens with zero attached hydrogens (tertiary/aromatic N) is 1. The van der Waals surface area contributed by atoms with Crippen LogP contribution in [0.2, 0.25) is 0 Å². The molecule has 1 heterocycles. The number of ether oxygens (including phenoxy) is 2. The average molecular weight is 562 g/mol. The molecule has 0 fully saturated rings. The molecule has 3 aromatic carbocycles. The van der Waals surface area contributed by atoms with E-state index in [4.69, 9.17) is 9.47 Å². The van der Waals surface area contributed by atoms with Gasteiger partial charge in [0.25, 0.3) is 5.91 Å². The zero-order valence-corrected chi connectivity index (χ0v) is 24.0. The number of nitrogens with one attached hydrogen (secondary N) is 2. The fourth-order valence-corrected chi connectivity index (χ4v) is 5.13. The molecule has 4 rings (SSSR count). The lowest BCUT2D eigenvalue weighted by Crippen LogP contribution is -2.32. The second kappa shape index (κ2) is 13.5. The molecule has 0 saturated heterocycles. The number of methoxy groups -OCH3 is 2. The number of carbonyl (C=O) groups excluding carboxylic acids is 1. The lowest BCUT2D eigenvalue weighted by atomic mass is 10.0. The molecule has 1 amide bonds. The van der Waals surface area contributed by atoms with E-state index in [1.54, 1.807) is 26.4 Å². The Bertz CT molecular complexity index is 1480. The summed E-state index contributed by atoms with van der Waals surface area (Å²) >= 11 is 0. The molecule has 0 unspecified atom stereocenters. The first-order chi connectivity index (χ1) is 19.8. The number of fused-ring (bicyclic) bond motifs is 1. The number of hydrogen-bond acceptors (Lipinski definition) is 7. The van der Waals surface area contributed by atoms with Gasteiger partial charge >= 0.3 is 0 Å². The monoisotopic (exact) mass is 561 g/mol.